The van der Waals surface area contributed by atoms with Crippen molar-refractivity contribution in [2.45, 2.75) is 6.92 Å². The Morgan fingerprint density at radius 3 is 2.71 bits per heavy atom. The lowest BCUT2D eigenvalue weighted by atomic mass is 10.1. The number of aryl methyl sites for hydroxylation is 1. The van der Waals surface area contributed by atoms with Crippen LogP contribution in [0.25, 0.3) is 0 Å². The molecule has 1 heterocycles. The minimum Gasteiger partial charge on any atom is -0.496 e. The number of carbonyl (C=O) groups is 1. The van der Waals surface area contributed by atoms with Gasteiger partial charge in [0.2, 0.25) is 5.78 Å². The van der Waals surface area contributed by atoms with Crippen molar-refractivity contribution in [3.05, 3.63) is 49.2 Å². The average Bonchev–Trinajstić information content (AvgIpc) is 2.74. The lowest BCUT2D eigenvalue weighted by molar-refractivity contribution is 0.103. The van der Waals surface area contributed by atoms with Gasteiger partial charge in [0.1, 0.15) is 5.75 Å². The van der Waals surface area contributed by atoms with E-state index in [1.807, 2.05) is 36.6 Å². The summed E-state index contributed by atoms with van der Waals surface area (Å²) >= 11 is 3.66. The van der Waals surface area contributed by atoms with E-state index in [4.69, 9.17) is 4.74 Å². The summed E-state index contributed by atoms with van der Waals surface area (Å²) in [5.74, 6) is 0.663. The van der Waals surface area contributed by atoms with Crippen molar-refractivity contribution < 1.29 is 9.53 Å². The zero-order valence-electron chi connectivity index (χ0n) is 9.49. The first-order chi connectivity index (χ1) is 8.13. The molecule has 0 N–H and O–H groups in total. The van der Waals surface area contributed by atoms with Gasteiger partial charge in [-0.3, -0.25) is 4.79 Å². The summed E-state index contributed by atoms with van der Waals surface area (Å²) in [6.45, 7) is 1.95. The molecule has 0 aliphatic carbocycles. The van der Waals surface area contributed by atoms with Crippen LogP contribution in [-0.2, 0) is 0 Å². The summed E-state index contributed by atoms with van der Waals surface area (Å²) in [6, 6.07) is 7.58. The van der Waals surface area contributed by atoms with Crippen LogP contribution in [0.15, 0.2) is 29.6 Å². The van der Waals surface area contributed by atoms with Crippen molar-refractivity contribution in [2.24, 2.45) is 0 Å². The van der Waals surface area contributed by atoms with E-state index in [0.717, 1.165) is 14.0 Å². The van der Waals surface area contributed by atoms with E-state index in [2.05, 4.69) is 22.6 Å². The summed E-state index contributed by atoms with van der Waals surface area (Å²) in [6.07, 6.45) is 0. The number of methoxy groups -OCH3 is 1. The monoisotopic (exact) mass is 358 g/mol. The van der Waals surface area contributed by atoms with Crippen LogP contribution in [0.1, 0.15) is 20.8 Å². The van der Waals surface area contributed by atoms with Crippen molar-refractivity contribution in [1.82, 2.24) is 0 Å². The highest BCUT2D eigenvalue weighted by molar-refractivity contribution is 14.1. The molecule has 0 bridgehead atoms. The van der Waals surface area contributed by atoms with E-state index in [1.54, 1.807) is 7.11 Å². The molecule has 17 heavy (non-hydrogen) atoms. The van der Waals surface area contributed by atoms with Gasteiger partial charge in [0.15, 0.2) is 0 Å². The molecule has 0 atom stereocenters. The third kappa shape index (κ3) is 2.52. The summed E-state index contributed by atoms with van der Waals surface area (Å²) in [5, 5.41) is 1.93. The number of benzene rings is 1. The molecule has 0 fully saturated rings. The molecule has 0 aliphatic rings. The molecule has 2 rings (SSSR count). The highest BCUT2D eigenvalue weighted by Gasteiger charge is 2.17. The Hall–Kier alpha value is -0.880. The van der Waals surface area contributed by atoms with Crippen LogP contribution in [0.2, 0.25) is 0 Å². The predicted octanol–water partition coefficient (Wildman–Crippen LogP) is 3.90. The number of hydrogen-bond acceptors (Lipinski definition) is 3. The molecule has 0 saturated heterocycles. The fraction of sp³-hybridized carbons (Fsp3) is 0.154. The van der Waals surface area contributed by atoms with Crippen LogP contribution in [-0.4, -0.2) is 12.9 Å². The highest BCUT2D eigenvalue weighted by atomic mass is 127. The molecule has 0 unspecified atom stereocenters. The fourth-order valence-electron chi connectivity index (χ4n) is 1.59. The van der Waals surface area contributed by atoms with Gasteiger partial charge in [0.25, 0.3) is 0 Å². The SMILES string of the molecule is COc1ccc(I)cc1C(=O)c1sccc1C. The number of thiophene rings is 1. The molecular formula is C13H11IO2S. The quantitative estimate of drug-likeness (QED) is 0.615. The van der Waals surface area contributed by atoms with Crippen LogP contribution in [0.3, 0.4) is 0 Å². The van der Waals surface area contributed by atoms with Gasteiger partial charge in [-0.2, -0.15) is 0 Å². The second kappa shape index (κ2) is 5.18. The average molecular weight is 358 g/mol. The zero-order chi connectivity index (χ0) is 12.4. The minimum absolute atomic E-state index is 0.0351. The van der Waals surface area contributed by atoms with Crippen LogP contribution >= 0.6 is 33.9 Å². The van der Waals surface area contributed by atoms with Gasteiger partial charge in [-0.15, -0.1) is 11.3 Å². The number of ether oxygens (including phenoxy) is 1. The molecule has 1 aromatic carbocycles. The Balaban J connectivity index is 2.50. The van der Waals surface area contributed by atoms with Gasteiger partial charge < -0.3 is 4.74 Å². The van der Waals surface area contributed by atoms with E-state index in [9.17, 15) is 4.79 Å². The summed E-state index contributed by atoms with van der Waals surface area (Å²) < 4.78 is 6.27. The summed E-state index contributed by atoms with van der Waals surface area (Å²) in [5.41, 5.74) is 1.64. The Bertz CT molecular complexity index is 560. The number of hydrogen-bond donors (Lipinski definition) is 0. The number of carbonyl (C=O) groups excluding carboxylic acids is 1. The van der Waals surface area contributed by atoms with Crippen LogP contribution in [0, 0.1) is 10.5 Å². The third-order valence-electron chi connectivity index (χ3n) is 2.47. The maximum absolute atomic E-state index is 12.4. The molecule has 0 radical (unpaired) electrons. The standard InChI is InChI=1S/C13H11IO2S/c1-8-5-6-17-13(8)12(15)10-7-9(14)3-4-11(10)16-2/h3-7H,1-2H3. The van der Waals surface area contributed by atoms with Gasteiger partial charge in [0.05, 0.1) is 17.6 Å². The molecule has 4 heteroatoms. The molecule has 0 saturated carbocycles. The van der Waals surface area contributed by atoms with Gasteiger partial charge >= 0.3 is 0 Å². The number of rotatable bonds is 3. The van der Waals surface area contributed by atoms with Gasteiger partial charge in [-0.05, 0) is 64.7 Å². The lowest BCUT2D eigenvalue weighted by Crippen LogP contribution is -2.03. The Kier molecular flexibility index (Phi) is 3.83. The molecule has 88 valence electrons. The van der Waals surface area contributed by atoms with E-state index in [0.29, 0.717) is 11.3 Å². The van der Waals surface area contributed by atoms with Gasteiger partial charge in [-0.1, -0.05) is 0 Å². The Morgan fingerprint density at radius 1 is 1.35 bits per heavy atom. The molecule has 2 nitrogen and oxygen atoms in total. The van der Waals surface area contributed by atoms with Crippen molar-refractivity contribution in [3.8, 4) is 5.75 Å². The zero-order valence-corrected chi connectivity index (χ0v) is 12.5. The molecule has 2 aromatic rings. The summed E-state index contributed by atoms with van der Waals surface area (Å²) in [4.78, 5) is 13.2. The maximum Gasteiger partial charge on any atom is 0.206 e. The Labute approximate surface area is 118 Å². The normalized spacial score (nSPS) is 10.3. The fourth-order valence-corrected chi connectivity index (χ4v) is 2.96. The lowest BCUT2D eigenvalue weighted by Gasteiger charge is -2.07. The first kappa shape index (κ1) is 12.6. The molecule has 1 aromatic heterocycles. The largest absolute Gasteiger partial charge is 0.496 e. The van der Waals surface area contributed by atoms with E-state index in [1.165, 1.54) is 11.3 Å². The molecule has 0 amide bonds. The predicted molar refractivity (Wildman–Crippen MR) is 78.2 cm³/mol. The van der Waals surface area contributed by atoms with Crippen LogP contribution in [0.5, 0.6) is 5.75 Å². The molecule has 0 aliphatic heterocycles. The third-order valence-corrected chi connectivity index (χ3v) is 4.16. The first-order valence-electron chi connectivity index (χ1n) is 5.06. The van der Waals surface area contributed by atoms with Crippen molar-refractivity contribution in [1.29, 1.82) is 0 Å². The van der Waals surface area contributed by atoms with Crippen molar-refractivity contribution in [2.75, 3.05) is 7.11 Å². The topological polar surface area (TPSA) is 26.3 Å². The smallest absolute Gasteiger partial charge is 0.206 e. The first-order valence-corrected chi connectivity index (χ1v) is 7.01. The van der Waals surface area contributed by atoms with E-state index in [-0.39, 0.29) is 5.78 Å². The van der Waals surface area contributed by atoms with Crippen LogP contribution in [0.4, 0.5) is 0 Å². The van der Waals surface area contributed by atoms with Crippen molar-refractivity contribution in [3.63, 3.8) is 0 Å². The van der Waals surface area contributed by atoms with Gasteiger partial charge in [0, 0.05) is 3.57 Å². The molecular weight excluding hydrogens is 347 g/mol. The van der Waals surface area contributed by atoms with Crippen LogP contribution < -0.4 is 4.74 Å². The van der Waals surface area contributed by atoms with E-state index < -0.39 is 0 Å². The number of halogens is 1. The minimum atomic E-state index is 0.0351. The highest BCUT2D eigenvalue weighted by Crippen LogP contribution is 2.27. The second-order valence-corrected chi connectivity index (χ2v) is 5.77. The van der Waals surface area contributed by atoms with Gasteiger partial charge in [-0.25, -0.2) is 0 Å². The number of ketones is 1. The Morgan fingerprint density at radius 2 is 2.12 bits per heavy atom. The second-order valence-electron chi connectivity index (χ2n) is 3.61. The molecule has 0 spiro atoms. The van der Waals surface area contributed by atoms with Crippen molar-refractivity contribution >= 4 is 39.7 Å². The summed E-state index contributed by atoms with van der Waals surface area (Å²) in [7, 11) is 1.58. The maximum atomic E-state index is 12.4. The van der Waals surface area contributed by atoms with E-state index >= 15 is 0 Å².